The van der Waals surface area contributed by atoms with E-state index in [4.69, 9.17) is 5.11 Å². The van der Waals surface area contributed by atoms with Gasteiger partial charge in [0.15, 0.2) is 0 Å². The monoisotopic (exact) mass is 216 g/mol. The highest BCUT2D eigenvalue weighted by molar-refractivity contribution is 5.74. The molecule has 90 valence electrons. The first-order valence-corrected chi connectivity index (χ1v) is 5.79. The van der Waals surface area contributed by atoms with Gasteiger partial charge in [-0.2, -0.15) is 0 Å². The molecule has 0 spiro atoms. The Morgan fingerprint density at radius 3 is 2.40 bits per heavy atom. The normalized spacial score (nSPS) is 12.6. The van der Waals surface area contributed by atoms with Gasteiger partial charge in [-0.25, -0.2) is 4.79 Å². The van der Waals surface area contributed by atoms with E-state index in [0.29, 0.717) is 12.3 Å². The first kappa shape index (κ1) is 14.2. The zero-order valence-electron chi connectivity index (χ0n) is 10.0. The molecule has 0 aromatic heterocycles. The Morgan fingerprint density at radius 1 is 1.33 bits per heavy atom. The molecule has 0 heterocycles. The zero-order chi connectivity index (χ0) is 11.7. The van der Waals surface area contributed by atoms with Gasteiger partial charge >= 0.3 is 6.03 Å². The third-order valence-electron chi connectivity index (χ3n) is 2.65. The van der Waals surface area contributed by atoms with Gasteiger partial charge in [-0.15, -0.1) is 0 Å². The lowest BCUT2D eigenvalue weighted by Gasteiger charge is -2.16. The Labute approximate surface area is 92.4 Å². The van der Waals surface area contributed by atoms with Crippen molar-refractivity contribution in [1.29, 1.82) is 0 Å². The van der Waals surface area contributed by atoms with Gasteiger partial charge in [0.1, 0.15) is 0 Å². The maximum atomic E-state index is 11.4. The van der Waals surface area contributed by atoms with Crippen molar-refractivity contribution in [2.75, 3.05) is 13.2 Å². The van der Waals surface area contributed by atoms with E-state index in [0.717, 1.165) is 19.4 Å². The van der Waals surface area contributed by atoms with Crippen LogP contribution in [0.5, 0.6) is 0 Å². The lowest BCUT2D eigenvalue weighted by Crippen LogP contribution is -2.42. The van der Waals surface area contributed by atoms with Crippen LogP contribution in [0.2, 0.25) is 0 Å². The first-order chi connectivity index (χ1) is 7.13. The van der Waals surface area contributed by atoms with Crippen LogP contribution in [0, 0.1) is 5.92 Å². The molecule has 0 aliphatic heterocycles. The number of carbonyl (C=O) groups excluding carboxylic acids is 1. The van der Waals surface area contributed by atoms with E-state index in [2.05, 4.69) is 24.5 Å². The number of amides is 2. The third kappa shape index (κ3) is 7.19. The maximum absolute atomic E-state index is 11.4. The summed E-state index contributed by atoms with van der Waals surface area (Å²) in [6.07, 6.45) is 2.77. The summed E-state index contributed by atoms with van der Waals surface area (Å²) >= 11 is 0. The van der Waals surface area contributed by atoms with Crippen LogP contribution < -0.4 is 10.6 Å². The standard InChI is InChI=1S/C11H24N2O2/c1-4-10(5-2)8-12-11(15)13-9(3)6-7-14/h9-10,14H,4-8H2,1-3H3,(H2,12,13,15)/t9-/m1/s1. The minimum atomic E-state index is -0.136. The molecule has 0 bridgehead atoms. The fourth-order valence-corrected chi connectivity index (χ4v) is 1.36. The summed E-state index contributed by atoms with van der Waals surface area (Å²) in [4.78, 5) is 11.4. The second-order valence-electron chi connectivity index (χ2n) is 3.95. The van der Waals surface area contributed by atoms with Gasteiger partial charge in [0.25, 0.3) is 0 Å². The number of rotatable bonds is 7. The average Bonchev–Trinajstić information content (AvgIpc) is 2.19. The largest absolute Gasteiger partial charge is 0.396 e. The van der Waals surface area contributed by atoms with Gasteiger partial charge in [0.2, 0.25) is 0 Å². The quantitative estimate of drug-likeness (QED) is 0.604. The lowest BCUT2D eigenvalue weighted by atomic mass is 10.0. The van der Waals surface area contributed by atoms with Gasteiger partial charge in [-0.3, -0.25) is 0 Å². The number of hydrogen-bond acceptors (Lipinski definition) is 2. The molecule has 1 atom stereocenters. The first-order valence-electron chi connectivity index (χ1n) is 5.79. The highest BCUT2D eigenvalue weighted by atomic mass is 16.3. The molecule has 4 nitrogen and oxygen atoms in total. The van der Waals surface area contributed by atoms with Crippen LogP contribution >= 0.6 is 0 Å². The molecule has 2 amide bonds. The fourth-order valence-electron chi connectivity index (χ4n) is 1.36. The third-order valence-corrected chi connectivity index (χ3v) is 2.65. The Balaban J connectivity index is 3.64. The molecule has 0 aromatic rings. The number of hydrogen-bond donors (Lipinski definition) is 3. The molecule has 4 heteroatoms. The predicted octanol–water partition coefficient (Wildman–Crippen LogP) is 1.49. The molecule has 0 aliphatic rings. The summed E-state index contributed by atoms with van der Waals surface area (Å²) in [5.41, 5.74) is 0. The van der Waals surface area contributed by atoms with Gasteiger partial charge < -0.3 is 15.7 Å². The van der Waals surface area contributed by atoms with E-state index in [1.54, 1.807) is 0 Å². The highest BCUT2D eigenvalue weighted by Gasteiger charge is 2.08. The molecule has 0 unspecified atom stereocenters. The molecular weight excluding hydrogens is 192 g/mol. The molecule has 0 rings (SSSR count). The van der Waals surface area contributed by atoms with Gasteiger partial charge in [-0.1, -0.05) is 26.7 Å². The Hall–Kier alpha value is -0.770. The van der Waals surface area contributed by atoms with E-state index in [-0.39, 0.29) is 18.7 Å². The second kappa shape index (κ2) is 8.53. The molecular formula is C11H24N2O2. The van der Waals surface area contributed by atoms with Crippen molar-refractivity contribution in [2.45, 2.75) is 46.1 Å². The summed E-state index contributed by atoms with van der Waals surface area (Å²) in [7, 11) is 0. The number of aliphatic hydroxyl groups excluding tert-OH is 1. The molecule has 0 saturated heterocycles. The van der Waals surface area contributed by atoms with E-state index in [9.17, 15) is 4.79 Å². The molecule has 0 aliphatic carbocycles. The summed E-state index contributed by atoms with van der Waals surface area (Å²) in [5, 5.41) is 14.3. The molecule has 3 N–H and O–H groups in total. The average molecular weight is 216 g/mol. The molecule has 0 saturated carbocycles. The number of aliphatic hydroxyl groups is 1. The van der Waals surface area contributed by atoms with Crippen molar-refractivity contribution < 1.29 is 9.90 Å². The number of urea groups is 1. The Kier molecular flexibility index (Phi) is 8.09. The van der Waals surface area contributed by atoms with Crippen LogP contribution in [-0.4, -0.2) is 30.3 Å². The second-order valence-corrected chi connectivity index (χ2v) is 3.95. The molecule has 0 radical (unpaired) electrons. The van der Waals surface area contributed by atoms with E-state index < -0.39 is 0 Å². The van der Waals surface area contributed by atoms with Gasteiger partial charge in [-0.05, 0) is 19.3 Å². The van der Waals surface area contributed by atoms with Crippen LogP contribution in [0.25, 0.3) is 0 Å². The number of nitrogens with one attached hydrogen (secondary N) is 2. The number of carbonyl (C=O) groups is 1. The van der Waals surface area contributed by atoms with Gasteiger partial charge in [0.05, 0.1) is 0 Å². The maximum Gasteiger partial charge on any atom is 0.315 e. The van der Waals surface area contributed by atoms with E-state index in [1.165, 1.54) is 0 Å². The smallest absolute Gasteiger partial charge is 0.315 e. The summed E-state index contributed by atoms with van der Waals surface area (Å²) in [6, 6.07) is -0.112. The Bertz CT molecular complexity index is 170. The lowest BCUT2D eigenvalue weighted by molar-refractivity contribution is 0.229. The minimum absolute atomic E-state index is 0.0247. The van der Waals surface area contributed by atoms with Crippen molar-refractivity contribution in [1.82, 2.24) is 10.6 Å². The zero-order valence-corrected chi connectivity index (χ0v) is 10.0. The van der Waals surface area contributed by atoms with Crippen molar-refractivity contribution in [3.63, 3.8) is 0 Å². The van der Waals surface area contributed by atoms with Crippen LogP contribution in [0.3, 0.4) is 0 Å². The minimum Gasteiger partial charge on any atom is -0.396 e. The van der Waals surface area contributed by atoms with E-state index in [1.807, 2.05) is 6.92 Å². The highest BCUT2D eigenvalue weighted by Crippen LogP contribution is 2.04. The van der Waals surface area contributed by atoms with Gasteiger partial charge in [0, 0.05) is 19.2 Å². The van der Waals surface area contributed by atoms with Crippen molar-refractivity contribution >= 4 is 6.03 Å². The molecule has 15 heavy (non-hydrogen) atoms. The van der Waals surface area contributed by atoms with Crippen molar-refractivity contribution in [3.8, 4) is 0 Å². The summed E-state index contributed by atoms with van der Waals surface area (Å²) in [5.74, 6) is 0.559. The van der Waals surface area contributed by atoms with Crippen molar-refractivity contribution in [3.05, 3.63) is 0 Å². The topological polar surface area (TPSA) is 61.4 Å². The SMILES string of the molecule is CCC(CC)CNC(=O)N[C@H](C)CCO. The Morgan fingerprint density at radius 2 is 1.93 bits per heavy atom. The van der Waals surface area contributed by atoms with Crippen LogP contribution in [0.4, 0.5) is 4.79 Å². The molecule has 0 aromatic carbocycles. The summed E-state index contributed by atoms with van der Waals surface area (Å²) < 4.78 is 0. The predicted molar refractivity (Wildman–Crippen MR) is 61.8 cm³/mol. The molecule has 0 fully saturated rings. The van der Waals surface area contributed by atoms with Crippen molar-refractivity contribution in [2.24, 2.45) is 5.92 Å². The summed E-state index contributed by atoms with van der Waals surface area (Å²) in [6.45, 7) is 6.97. The van der Waals surface area contributed by atoms with Crippen LogP contribution in [-0.2, 0) is 0 Å². The van der Waals surface area contributed by atoms with E-state index >= 15 is 0 Å². The van der Waals surface area contributed by atoms with Crippen LogP contribution in [0.15, 0.2) is 0 Å². The van der Waals surface area contributed by atoms with Crippen LogP contribution in [0.1, 0.15) is 40.0 Å². The fraction of sp³-hybridized carbons (Fsp3) is 0.909.